The van der Waals surface area contributed by atoms with E-state index in [0.29, 0.717) is 19.7 Å². The van der Waals surface area contributed by atoms with Crippen LogP contribution in [0.2, 0.25) is 0 Å². The van der Waals surface area contributed by atoms with Gasteiger partial charge < -0.3 is 14.7 Å². The maximum Gasteiger partial charge on any atom is 0.228 e. The topological polar surface area (TPSA) is 78.5 Å². The number of ether oxygens (including phenoxy) is 1. The van der Waals surface area contributed by atoms with E-state index in [4.69, 9.17) is 4.74 Å². The first-order valence-corrected chi connectivity index (χ1v) is 7.18. The van der Waals surface area contributed by atoms with Crippen molar-refractivity contribution in [1.82, 2.24) is 15.1 Å². The molecule has 1 saturated heterocycles. The van der Waals surface area contributed by atoms with Gasteiger partial charge in [0.15, 0.2) is 0 Å². The van der Waals surface area contributed by atoms with E-state index in [-0.39, 0.29) is 18.4 Å². The molecule has 1 aromatic carbocycles. The highest BCUT2D eigenvalue weighted by molar-refractivity contribution is 5.87. The number of para-hydroxylation sites is 1. The first kappa shape index (κ1) is 14.0. The second-order valence-corrected chi connectivity index (χ2v) is 5.26. The zero-order chi connectivity index (χ0) is 14.8. The molecule has 2 atom stereocenters. The molecule has 0 radical (unpaired) electrons. The number of hydrogen-bond donors (Lipinski definition) is 2. The molecule has 2 N–H and O–H groups in total. The number of hydrogen-bond acceptors (Lipinski definition) is 4. The van der Waals surface area contributed by atoms with Crippen LogP contribution in [0.1, 0.15) is 12.6 Å². The Labute approximate surface area is 122 Å². The van der Waals surface area contributed by atoms with Crippen molar-refractivity contribution in [2.24, 2.45) is 0 Å². The van der Waals surface area contributed by atoms with E-state index in [0.717, 1.165) is 16.6 Å². The lowest BCUT2D eigenvalue weighted by Gasteiger charge is -2.15. The van der Waals surface area contributed by atoms with Crippen LogP contribution in [0.25, 0.3) is 10.9 Å². The molecule has 1 aliphatic rings. The number of benzene rings is 1. The molecule has 112 valence electrons. The van der Waals surface area contributed by atoms with Gasteiger partial charge in [0.25, 0.3) is 0 Å². The Morgan fingerprint density at radius 2 is 2.29 bits per heavy atom. The Morgan fingerprint density at radius 3 is 3.10 bits per heavy atom. The fourth-order valence-electron chi connectivity index (χ4n) is 2.75. The second kappa shape index (κ2) is 5.83. The molecule has 0 aliphatic carbocycles. The fraction of sp³-hybridized carbons (Fsp3) is 0.467. The number of aromatic amines is 1. The van der Waals surface area contributed by atoms with Gasteiger partial charge in [0, 0.05) is 25.1 Å². The van der Waals surface area contributed by atoms with Crippen molar-refractivity contribution in [3.8, 4) is 0 Å². The third-order valence-electron chi connectivity index (χ3n) is 3.84. The summed E-state index contributed by atoms with van der Waals surface area (Å²) in [5.41, 5.74) is 1.67. The number of nitrogens with one attached hydrogen (secondary N) is 1. The molecular formula is C15H19N3O3. The number of likely N-dealkylation sites (tertiary alicyclic amines) is 1. The molecule has 6 nitrogen and oxygen atoms in total. The number of rotatable bonds is 4. The number of H-pyrrole nitrogens is 1. The normalized spacial score (nSPS) is 22.1. The quantitative estimate of drug-likeness (QED) is 0.869. The summed E-state index contributed by atoms with van der Waals surface area (Å²) in [6.07, 6.45) is -0.628. The molecule has 1 amide bonds. The van der Waals surface area contributed by atoms with Crippen LogP contribution in [-0.4, -0.2) is 58.0 Å². The summed E-state index contributed by atoms with van der Waals surface area (Å²) >= 11 is 0. The number of aliphatic hydroxyl groups is 1. The highest BCUT2D eigenvalue weighted by atomic mass is 16.5. The van der Waals surface area contributed by atoms with Gasteiger partial charge in [-0.15, -0.1) is 0 Å². The van der Waals surface area contributed by atoms with Gasteiger partial charge in [-0.25, -0.2) is 0 Å². The zero-order valence-corrected chi connectivity index (χ0v) is 12.0. The van der Waals surface area contributed by atoms with Crippen LogP contribution in [0.15, 0.2) is 24.3 Å². The van der Waals surface area contributed by atoms with Crippen molar-refractivity contribution < 1.29 is 14.6 Å². The number of fused-ring (bicyclic) bond motifs is 1. The number of carbonyl (C=O) groups excluding carboxylic acids is 1. The van der Waals surface area contributed by atoms with Crippen LogP contribution in [0, 0.1) is 0 Å². The Morgan fingerprint density at radius 1 is 1.48 bits per heavy atom. The van der Waals surface area contributed by atoms with Gasteiger partial charge in [0.2, 0.25) is 5.91 Å². The molecule has 2 heterocycles. The molecular weight excluding hydrogens is 270 g/mol. The molecule has 3 rings (SSSR count). The number of aliphatic hydroxyl groups excluding tert-OH is 1. The Hall–Kier alpha value is -1.92. The van der Waals surface area contributed by atoms with E-state index in [1.807, 2.05) is 31.2 Å². The van der Waals surface area contributed by atoms with Crippen LogP contribution < -0.4 is 0 Å². The predicted octanol–water partition coefficient (Wildman–Crippen LogP) is 0.714. The summed E-state index contributed by atoms with van der Waals surface area (Å²) in [5.74, 6) is -0.0225. The molecule has 1 fully saturated rings. The van der Waals surface area contributed by atoms with Crippen molar-refractivity contribution in [2.45, 2.75) is 25.6 Å². The fourth-order valence-corrected chi connectivity index (χ4v) is 2.75. The largest absolute Gasteiger partial charge is 0.388 e. The summed E-state index contributed by atoms with van der Waals surface area (Å²) in [6.45, 7) is 3.19. The van der Waals surface area contributed by atoms with Crippen LogP contribution in [0.4, 0.5) is 0 Å². The van der Waals surface area contributed by atoms with Gasteiger partial charge in [-0.2, -0.15) is 5.10 Å². The maximum absolute atomic E-state index is 12.4. The van der Waals surface area contributed by atoms with Crippen molar-refractivity contribution in [2.75, 3.05) is 19.7 Å². The summed E-state index contributed by atoms with van der Waals surface area (Å²) in [6, 6.07) is 7.70. The minimum atomic E-state index is -0.604. The van der Waals surface area contributed by atoms with Gasteiger partial charge in [0.05, 0.1) is 23.7 Å². The molecule has 1 aromatic heterocycles. The Balaban J connectivity index is 1.69. The number of aromatic nitrogens is 2. The molecule has 0 saturated carbocycles. The number of carbonyl (C=O) groups is 1. The number of amides is 1. The third-order valence-corrected chi connectivity index (χ3v) is 3.84. The van der Waals surface area contributed by atoms with Crippen molar-refractivity contribution >= 4 is 16.8 Å². The maximum atomic E-state index is 12.4. The van der Waals surface area contributed by atoms with Crippen molar-refractivity contribution in [3.63, 3.8) is 0 Å². The smallest absolute Gasteiger partial charge is 0.228 e. The standard InChI is InChI=1S/C15H19N3O3/c1-2-21-14-9-18(8-13(14)19)15(20)7-12-10-5-3-4-6-11(10)16-17-12/h3-6,13-14,19H,2,7-9H2,1H3,(H,16,17)/t13-,14-/m1/s1. The average Bonchev–Trinajstić information content (AvgIpc) is 3.05. The van der Waals surface area contributed by atoms with Crippen LogP contribution >= 0.6 is 0 Å². The molecule has 0 unspecified atom stereocenters. The van der Waals surface area contributed by atoms with Crippen molar-refractivity contribution in [1.29, 1.82) is 0 Å². The second-order valence-electron chi connectivity index (χ2n) is 5.26. The molecule has 21 heavy (non-hydrogen) atoms. The first-order chi connectivity index (χ1) is 10.2. The molecule has 1 aliphatic heterocycles. The lowest BCUT2D eigenvalue weighted by atomic mass is 10.1. The Kier molecular flexibility index (Phi) is 3.90. The minimum absolute atomic E-state index is 0.0225. The minimum Gasteiger partial charge on any atom is -0.388 e. The van der Waals surface area contributed by atoms with Gasteiger partial charge in [-0.1, -0.05) is 18.2 Å². The number of β-amino-alcohol motifs (C(OH)–C–C–N with tert-alkyl or cyclic N) is 1. The monoisotopic (exact) mass is 289 g/mol. The lowest BCUT2D eigenvalue weighted by Crippen LogP contribution is -2.31. The van der Waals surface area contributed by atoms with Gasteiger partial charge in [0.1, 0.15) is 6.10 Å². The average molecular weight is 289 g/mol. The van der Waals surface area contributed by atoms with E-state index < -0.39 is 6.10 Å². The summed E-state index contributed by atoms with van der Waals surface area (Å²) in [7, 11) is 0. The summed E-state index contributed by atoms with van der Waals surface area (Å²) in [5, 5.41) is 18.0. The van der Waals surface area contributed by atoms with Gasteiger partial charge in [-0.3, -0.25) is 9.89 Å². The SMILES string of the molecule is CCO[C@@H]1CN(C(=O)Cc2[nH]nc3ccccc23)C[C@H]1O. The van der Waals surface area contributed by atoms with Crippen LogP contribution in [0.5, 0.6) is 0 Å². The van der Waals surface area contributed by atoms with Crippen LogP contribution in [-0.2, 0) is 16.0 Å². The lowest BCUT2D eigenvalue weighted by molar-refractivity contribution is -0.130. The Bertz CT molecular complexity index is 640. The van der Waals surface area contributed by atoms with Crippen LogP contribution in [0.3, 0.4) is 0 Å². The van der Waals surface area contributed by atoms with E-state index >= 15 is 0 Å². The van der Waals surface area contributed by atoms with Gasteiger partial charge in [-0.05, 0) is 13.0 Å². The van der Waals surface area contributed by atoms with Gasteiger partial charge >= 0.3 is 0 Å². The van der Waals surface area contributed by atoms with E-state index in [1.165, 1.54) is 0 Å². The van der Waals surface area contributed by atoms with Crippen molar-refractivity contribution in [3.05, 3.63) is 30.0 Å². The first-order valence-electron chi connectivity index (χ1n) is 7.18. The summed E-state index contributed by atoms with van der Waals surface area (Å²) < 4.78 is 5.44. The molecule has 0 spiro atoms. The summed E-state index contributed by atoms with van der Waals surface area (Å²) in [4.78, 5) is 14.0. The predicted molar refractivity (Wildman–Crippen MR) is 77.8 cm³/mol. The zero-order valence-electron chi connectivity index (χ0n) is 12.0. The molecule has 0 bridgehead atoms. The van der Waals surface area contributed by atoms with E-state index in [1.54, 1.807) is 4.90 Å². The van der Waals surface area contributed by atoms with E-state index in [9.17, 15) is 9.90 Å². The molecule has 2 aromatic rings. The highest BCUT2D eigenvalue weighted by Gasteiger charge is 2.34. The highest BCUT2D eigenvalue weighted by Crippen LogP contribution is 2.19. The molecule has 6 heteroatoms. The van der Waals surface area contributed by atoms with E-state index in [2.05, 4.69) is 10.2 Å². The third kappa shape index (κ3) is 2.77. The number of nitrogens with zero attached hydrogens (tertiary/aromatic N) is 2.